The fourth-order valence-corrected chi connectivity index (χ4v) is 3.81. The van der Waals surface area contributed by atoms with Crippen LogP contribution >= 0.6 is 12.4 Å². The summed E-state index contributed by atoms with van der Waals surface area (Å²) in [4.78, 5) is 12.7. The minimum absolute atomic E-state index is 0. The highest BCUT2D eigenvalue weighted by Crippen LogP contribution is 2.20. The summed E-state index contributed by atoms with van der Waals surface area (Å²) >= 11 is 0. The summed E-state index contributed by atoms with van der Waals surface area (Å²) in [5.74, 6) is -0.282. The van der Waals surface area contributed by atoms with Crippen LogP contribution in [0.5, 0.6) is 0 Å². The smallest absolute Gasteiger partial charge is 0.261 e. The maximum Gasteiger partial charge on any atom is 0.261 e. The van der Waals surface area contributed by atoms with Gasteiger partial charge in [0.2, 0.25) is 0 Å². The van der Waals surface area contributed by atoms with Crippen LogP contribution in [0.2, 0.25) is 0 Å². The van der Waals surface area contributed by atoms with Crippen molar-refractivity contribution in [2.75, 3.05) is 17.8 Å². The molecule has 1 saturated heterocycles. The molecule has 1 amide bonds. The fraction of sp³-hybridized carbons (Fsp3) is 0.278. The maximum absolute atomic E-state index is 12.6. The molecule has 1 fully saturated rings. The van der Waals surface area contributed by atoms with Crippen LogP contribution in [0.4, 0.5) is 5.69 Å². The molecule has 8 heteroatoms. The van der Waals surface area contributed by atoms with Gasteiger partial charge in [0.15, 0.2) is 0 Å². The number of benzene rings is 2. The molecule has 1 unspecified atom stereocenters. The molecule has 1 aliphatic rings. The van der Waals surface area contributed by atoms with E-state index in [9.17, 15) is 13.2 Å². The number of amides is 1. The summed E-state index contributed by atoms with van der Waals surface area (Å²) in [6.45, 7) is 3.48. The lowest BCUT2D eigenvalue weighted by Gasteiger charge is -2.15. The number of carbonyl (C=O) groups excluding carboxylic acids is 1. The van der Waals surface area contributed by atoms with E-state index in [1.54, 1.807) is 48.5 Å². The molecule has 2 aromatic rings. The second-order valence-electron chi connectivity index (χ2n) is 6.13. The Bertz CT molecular complexity index is 864. The molecule has 0 aliphatic carbocycles. The van der Waals surface area contributed by atoms with E-state index in [1.165, 1.54) is 0 Å². The number of para-hydroxylation sites is 1. The predicted octanol–water partition coefficient (Wildman–Crippen LogP) is 2.31. The van der Waals surface area contributed by atoms with E-state index in [4.69, 9.17) is 0 Å². The van der Waals surface area contributed by atoms with Crippen LogP contribution in [-0.2, 0) is 10.0 Å². The summed E-state index contributed by atoms with van der Waals surface area (Å²) in [7, 11) is -3.76. The molecule has 3 N–H and O–H groups in total. The Morgan fingerprint density at radius 1 is 1.12 bits per heavy atom. The molecule has 1 atom stereocenters. The number of hydrogen-bond donors (Lipinski definition) is 3. The van der Waals surface area contributed by atoms with Crippen molar-refractivity contribution in [3.63, 3.8) is 0 Å². The Hall–Kier alpha value is -2.09. The summed E-state index contributed by atoms with van der Waals surface area (Å²) in [5.41, 5.74) is 1.56. The molecule has 26 heavy (non-hydrogen) atoms. The number of anilines is 1. The highest BCUT2D eigenvalue weighted by atomic mass is 35.5. The van der Waals surface area contributed by atoms with E-state index in [-0.39, 0.29) is 34.9 Å². The Morgan fingerprint density at radius 3 is 2.46 bits per heavy atom. The second kappa shape index (κ2) is 8.53. The molecule has 0 saturated carbocycles. The van der Waals surface area contributed by atoms with E-state index < -0.39 is 10.0 Å². The van der Waals surface area contributed by atoms with Crippen LogP contribution in [-0.4, -0.2) is 33.5 Å². The van der Waals surface area contributed by atoms with Gasteiger partial charge in [0.05, 0.1) is 16.1 Å². The van der Waals surface area contributed by atoms with Gasteiger partial charge >= 0.3 is 0 Å². The first-order valence-corrected chi connectivity index (χ1v) is 9.64. The van der Waals surface area contributed by atoms with Crippen LogP contribution in [0.25, 0.3) is 0 Å². The molecule has 3 rings (SSSR count). The molecular weight excluding hydrogens is 374 g/mol. The third kappa shape index (κ3) is 4.75. The van der Waals surface area contributed by atoms with E-state index in [2.05, 4.69) is 15.4 Å². The van der Waals surface area contributed by atoms with E-state index in [0.29, 0.717) is 5.56 Å². The number of carbonyl (C=O) groups is 1. The highest BCUT2D eigenvalue weighted by Gasteiger charge is 2.21. The van der Waals surface area contributed by atoms with Crippen molar-refractivity contribution in [1.29, 1.82) is 0 Å². The van der Waals surface area contributed by atoms with Gasteiger partial charge in [-0.05, 0) is 44.2 Å². The highest BCUT2D eigenvalue weighted by molar-refractivity contribution is 7.92. The minimum atomic E-state index is -3.76. The molecule has 140 valence electrons. The van der Waals surface area contributed by atoms with Crippen molar-refractivity contribution < 1.29 is 13.2 Å². The van der Waals surface area contributed by atoms with Crippen LogP contribution < -0.4 is 15.4 Å². The minimum Gasteiger partial charge on any atom is -0.348 e. The molecule has 0 radical (unpaired) electrons. The van der Waals surface area contributed by atoms with Crippen molar-refractivity contribution in [2.45, 2.75) is 24.3 Å². The Morgan fingerprint density at radius 2 is 1.81 bits per heavy atom. The number of aryl methyl sites for hydroxylation is 1. The lowest BCUT2D eigenvalue weighted by molar-refractivity contribution is 0.0941. The molecule has 0 bridgehead atoms. The fourth-order valence-electron chi connectivity index (χ4n) is 2.73. The number of sulfonamides is 1. The van der Waals surface area contributed by atoms with Crippen molar-refractivity contribution >= 4 is 34.0 Å². The molecule has 2 aromatic carbocycles. The van der Waals surface area contributed by atoms with E-state index in [1.807, 2.05) is 6.92 Å². The van der Waals surface area contributed by atoms with Crippen LogP contribution in [0.15, 0.2) is 53.4 Å². The van der Waals surface area contributed by atoms with Crippen molar-refractivity contribution in [3.8, 4) is 0 Å². The predicted molar refractivity (Wildman–Crippen MR) is 104 cm³/mol. The zero-order valence-electron chi connectivity index (χ0n) is 14.4. The summed E-state index contributed by atoms with van der Waals surface area (Å²) < 4.78 is 27.7. The van der Waals surface area contributed by atoms with Crippen LogP contribution in [0.3, 0.4) is 0 Å². The lowest BCUT2D eigenvalue weighted by Crippen LogP contribution is -2.36. The van der Waals surface area contributed by atoms with Crippen LogP contribution in [0.1, 0.15) is 22.3 Å². The third-order valence-electron chi connectivity index (χ3n) is 4.14. The number of rotatable bonds is 5. The van der Waals surface area contributed by atoms with E-state index in [0.717, 1.165) is 25.1 Å². The van der Waals surface area contributed by atoms with Gasteiger partial charge in [-0.25, -0.2) is 8.42 Å². The largest absolute Gasteiger partial charge is 0.348 e. The zero-order valence-corrected chi connectivity index (χ0v) is 16.0. The SMILES string of the molecule is Cc1ccc(S(=O)(=O)Nc2ccccc2C(=O)NC2CCNC2)cc1.Cl. The van der Waals surface area contributed by atoms with Gasteiger partial charge in [-0.3, -0.25) is 9.52 Å². The van der Waals surface area contributed by atoms with Crippen molar-refractivity contribution in [2.24, 2.45) is 0 Å². The van der Waals surface area contributed by atoms with E-state index >= 15 is 0 Å². The first-order valence-electron chi connectivity index (χ1n) is 8.16. The number of nitrogens with one attached hydrogen (secondary N) is 3. The Balaban J connectivity index is 0.00000243. The topological polar surface area (TPSA) is 87.3 Å². The average molecular weight is 396 g/mol. The molecule has 0 spiro atoms. The summed E-state index contributed by atoms with van der Waals surface area (Å²) in [6.07, 6.45) is 0.864. The average Bonchev–Trinajstić information content (AvgIpc) is 3.08. The van der Waals surface area contributed by atoms with Gasteiger partial charge in [0.1, 0.15) is 0 Å². The van der Waals surface area contributed by atoms with Gasteiger partial charge in [0, 0.05) is 12.6 Å². The zero-order chi connectivity index (χ0) is 17.9. The summed E-state index contributed by atoms with van der Waals surface area (Å²) in [6, 6.07) is 13.2. The Kier molecular flexibility index (Phi) is 6.63. The van der Waals surface area contributed by atoms with Gasteiger partial charge in [0.25, 0.3) is 15.9 Å². The third-order valence-corrected chi connectivity index (χ3v) is 5.52. The second-order valence-corrected chi connectivity index (χ2v) is 7.81. The van der Waals surface area contributed by atoms with Crippen LogP contribution in [0, 0.1) is 6.92 Å². The molecule has 1 aliphatic heterocycles. The van der Waals surface area contributed by atoms with Gasteiger partial charge in [-0.15, -0.1) is 12.4 Å². The molecule has 6 nitrogen and oxygen atoms in total. The lowest BCUT2D eigenvalue weighted by atomic mass is 10.1. The van der Waals surface area contributed by atoms with Gasteiger partial charge in [-0.1, -0.05) is 29.8 Å². The summed E-state index contributed by atoms with van der Waals surface area (Å²) in [5, 5.41) is 6.11. The molecular formula is C18H22ClN3O3S. The quantitative estimate of drug-likeness (QED) is 0.725. The number of hydrogen-bond acceptors (Lipinski definition) is 4. The maximum atomic E-state index is 12.6. The van der Waals surface area contributed by atoms with Gasteiger partial charge in [-0.2, -0.15) is 0 Å². The molecule has 1 heterocycles. The Labute approximate surface area is 159 Å². The standard InChI is InChI=1S/C18H21N3O3S.ClH/c1-13-6-8-15(9-7-13)25(23,24)21-17-5-3-2-4-16(17)18(22)20-14-10-11-19-12-14;/h2-9,14,19,21H,10-12H2,1H3,(H,20,22);1H. The normalized spacial score (nSPS) is 16.6. The van der Waals surface area contributed by atoms with Crippen molar-refractivity contribution in [1.82, 2.24) is 10.6 Å². The number of halogens is 1. The monoisotopic (exact) mass is 395 g/mol. The van der Waals surface area contributed by atoms with Gasteiger partial charge < -0.3 is 10.6 Å². The first kappa shape index (κ1) is 20.2. The van der Waals surface area contributed by atoms with Crippen molar-refractivity contribution in [3.05, 3.63) is 59.7 Å². The first-order chi connectivity index (χ1) is 12.0. The molecule has 0 aromatic heterocycles.